The molecular formula is C23H20N4O2. The van der Waals surface area contributed by atoms with Crippen LogP contribution in [0.5, 0.6) is 11.6 Å². The minimum absolute atomic E-state index is 0.230. The summed E-state index contributed by atoms with van der Waals surface area (Å²) < 4.78 is 5.75. The molecule has 0 radical (unpaired) electrons. The van der Waals surface area contributed by atoms with E-state index in [1.165, 1.54) is 6.20 Å². The lowest BCUT2D eigenvalue weighted by Gasteiger charge is -2.13. The smallest absolute Gasteiger partial charge is 0.255 e. The molecule has 2 aromatic carbocycles. The van der Waals surface area contributed by atoms with E-state index in [9.17, 15) is 10.1 Å². The molecule has 1 saturated carbocycles. The van der Waals surface area contributed by atoms with E-state index in [1.54, 1.807) is 30.3 Å². The maximum Gasteiger partial charge on any atom is 0.255 e. The number of ether oxygens (including phenoxy) is 1. The number of pyridine rings is 1. The minimum Gasteiger partial charge on any atom is -0.439 e. The van der Waals surface area contributed by atoms with Crippen molar-refractivity contribution in [3.63, 3.8) is 0 Å². The molecule has 6 heteroatoms. The zero-order valence-electron chi connectivity index (χ0n) is 16.0. The van der Waals surface area contributed by atoms with Crippen LogP contribution in [0.2, 0.25) is 0 Å². The molecular weight excluding hydrogens is 364 g/mol. The van der Waals surface area contributed by atoms with Crippen molar-refractivity contribution >= 4 is 17.3 Å². The summed E-state index contributed by atoms with van der Waals surface area (Å²) in [7, 11) is 0. The van der Waals surface area contributed by atoms with Gasteiger partial charge in [0.05, 0.1) is 23.4 Å². The summed E-state index contributed by atoms with van der Waals surface area (Å²) in [5, 5.41) is 12.3. The molecule has 1 amide bonds. The lowest BCUT2D eigenvalue weighted by molar-refractivity contribution is 0.102. The fourth-order valence-electron chi connectivity index (χ4n) is 3.11. The molecule has 144 valence electrons. The van der Waals surface area contributed by atoms with Crippen LogP contribution in [0.1, 0.15) is 34.3 Å². The number of nitrogen functional groups attached to an aromatic ring is 1. The number of carbonyl (C=O) groups is 1. The van der Waals surface area contributed by atoms with Crippen LogP contribution in [-0.2, 0) is 5.41 Å². The van der Waals surface area contributed by atoms with E-state index in [0.29, 0.717) is 28.6 Å². The monoisotopic (exact) mass is 384 g/mol. The van der Waals surface area contributed by atoms with Crippen molar-refractivity contribution in [3.8, 4) is 17.7 Å². The molecule has 4 rings (SSSR count). The summed E-state index contributed by atoms with van der Waals surface area (Å²) in [6.07, 6.45) is 3.20. The summed E-state index contributed by atoms with van der Waals surface area (Å²) in [4.78, 5) is 16.9. The van der Waals surface area contributed by atoms with E-state index in [4.69, 9.17) is 10.5 Å². The first kappa shape index (κ1) is 18.5. The number of nitrogens with two attached hydrogens (primary N) is 1. The average Bonchev–Trinajstić information content (AvgIpc) is 3.54. The third kappa shape index (κ3) is 3.90. The van der Waals surface area contributed by atoms with Gasteiger partial charge in [0.1, 0.15) is 5.75 Å². The van der Waals surface area contributed by atoms with Crippen LogP contribution < -0.4 is 15.8 Å². The van der Waals surface area contributed by atoms with Gasteiger partial charge >= 0.3 is 0 Å². The number of nitrogens with one attached hydrogen (secondary N) is 1. The third-order valence-corrected chi connectivity index (χ3v) is 5.08. The van der Waals surface area contributed by atoms with Gasteiger partial charge in [-0.3, -0.25) is 4.79 Å². The molecule has 0 bridgehead atoms. The molecule has 3 N–H and O–H groups in total. The van der Waals surface area contributed by atoms with E-state index in [1.807, 2.05) is 31.2 Å². The maximum absolute atomic E-state index is 12.8. The summed E-state index contributed by atoms with van der Waals surface area (Å²) in [6, 6.07) is 18.5. The molecule has 1 aliphatic rings. The van der Waals surface area contributed by atoms with Crippen molar-refractivity contribution in [2.75, 3.05) is 11.1 Å². The van der Waals surface area contributed by atoms with Crippen molar-refractivity contribution in [1.82, 2.24) is 4.98 Å². The van der Waals surface area contributed by atoms with E-state index in [0.717, 1.165) is 24.0 Å². The van der Waals surface area contributed by atoms with Crippen LogP contribution in [-0.4, -0.2) is 10.9 Å². The SMILES string of the molecule is Cc1ccc(Oc2ccc(N)cn2)cc1NC(=O)c1cccc(C2(C#N)CC2)c1. The van der Waals surface area contributed by atoms with E-state index >= 15 is 0 Å². The highest BCUT2D eigenvalue weighted by Gasteiger charge is 2.45. The summed E-state index contributed by atoms with van der Waals surface area (Å²) in [5.74, 6) is 0.740. The Balaban J connectivity index is 1.53. The Morgan fingerprint density at radius 1 is 1.21 bits per heavy atom. The van der Waals surface area contributed by atoms with Crippen molar-refractivity contribution in [1.29, 1.82) is 5.26 Å². The Kier molecular flexibility index (Phi) is 4.65. The van der Waals surface area contributed by atoms with Gasteiger partial charge in [-0.25, -0.2) is 4.98 Å². The lowest BCUT2D eigenvalue weighted by atomic mass is 9.96. The summed E-state index contributed by atoms with van der Waals surface area (Å²) >= 11 is 0. The number of aromatic nitrogens is 1. The second-order valence-electron chi connectivity index (χ2n) is 7.24. The second-order valence-corrected chi connectivity index (χ2v) is 7.24. The predicted molar refractivity (Wildman–Crippen MR) is 111 cm³/mol. The largest absolute Gasteiger partial charge is 0.439 e. The Hall–Kier alpha value is -3.85. The minimum atomic E-state index is -0.425. The lowest BCUT2D eigenvalue weighted by Crippen LogP contribution is -2.14. The summed E-state index contributed by atoms with van der Waals surface area (Å²) in [5.41, 5.74) is 8.75. The van der Waals surface area contributed by atoms with Crippen LogP contribution in [0.25, 0.3) is 0 Å². The fourth-order valence-corrected chi connectivity index (χ4v) is 3.11. The maximum atomic E-state index is 12.8. The van der Waals surface area contributed by atoms with Gasteiger partial charge in [-0.05, 0) is 55.2 Å². The van der Waals surface area contributed by atoms with Gasteiger partial charge in [-0.2, -0.15) is 5.26 Å². The van der Waals surface area contributed by atoms with Gasteiger partial charge in [0, 0.05) is 23.4 Å². The molecule has 3 aromatic rings. The first-order valence-corrected chi connectivity index (χ1v) is 9.32. The van der Waals surface area contributed by atoms with Crippen LogP contribution >= 0.6 is 0 Å². The highest BCUT2D eigenvalue weighted by molar-refractivity contribution is 6.04. The number of aryl methyl sites for hydroxylation is 1. The first-order chi connectivity index (χ1) is 14.0. The zero-order valence-corrected chi connectivity index (χ0v) is 16.0. The number of benzene rings is 2. The van der Waals surface area contributed by atoms with Crippen molar-refractivity contribution < 1.29 is 9.53 Å². The Labute approximate surface area is 169 Å². The molecule has 1 heterocycles. The van der Waals surface area contributed by atoms with Crippen LogP contribution in [0, 0.1) is 18.3 Å². The number of carbonyl (C=O) groups excluding carboxylic acids is 1. The first-order valence-electron chi connectivity index (χ1n) is 9.32. The molecule has 0 atom stereocenters. The van der Waals surface area contributed by atoms with Gasteiger partial charge in [-0.15, -0.1) is 0 Å². The van der Waals surface area contributed by atoms with E-state index in [-0.39, 0.29) is 5.91 Å². The molecule has 6 nitrogen and oxygen atoms in total. The number of nitrogens with zero attached hydrogens (tertiary/aromatic N) is 2. The van der Waals surface area contributed by atoms with Crippen LogP contribution in [0.3, 0.4) is 0 Å². The fraction of sp³-hybridized carbons (Fsp3) is 0.174. The number of anilines is 2. The molecule has 29 heavy (non-hydrogen) atoms. The summed E-state index contributed by atoms with van der Waals surface area (Å²) in [6.45, 7) is 1.91. The predicted octanol–water partition coefficient (Wildman–Crippen LogP) is 4.57. The van der Waals surface area contributed by atoms with Gasteiger partial charge in [0.15, 0.2) is 0 Å². The highest BCUT2D eigenvalue weighted by Crippen LogP contribution is 2.47. The quantitative estimate of drug-likeness (QED) is 0.671. The molecule has 1 aliphatic carbocycles. The topological polar surface area (TPSA) is 101 Å². The molecule has 1 fully saturated rings. The highest BCUT2D eigenvalue weighted by atomic mass is 16.5. The number of rotatable bonds is 5. The van der Waals surface area contributed by atoms with Crippen LogP contribution in [0.4, 0.5) is 11.4 Å². The van der Waals surface area contributed by atoms with Crippen molar-refractivity contribution in [2.45, 2.75) is 25.2 Å². The van der Waals surface area contributed by atoms with Gasteiger partial charge < -0.3 is 15.8 Å². The Morgan fingerprint density at radius 3 is 2.72 bits per heavy atom. The van der Waals surface area contributed by atoms with Crippen molar-refractivity contribution in [3.05, 3.63) is 77.5 Å². The average molecular weight is 384 g/mol. The zero-order chi connectivity index (χ0) is 20.4. The number of hydrogen-bond acceptors (Lipinski definition) is 5. The normalized spacial score (nSPS) is 13.9. The third-order valence-electron chi connectivity index (χ3n) is 5.08. The number of amides is 1. The molecule has 0 spiro atoms. The standard InChI is InChI=1S/C23H20N4O2/c1-15-5-7-19(29-21-8-6-18(25)13-26-21)12-20(15)27-22(28)16-3-2-4-17(11-16)23(14-24)9-10-23/h2-8,11-13H,9-10,25H2,1H3,(H,27,28). The molecule has 0 unspecified atom stereocenters. The molecule has 0 aliphatic heterocycles. The van der Waals surface area contributed by atoms with Gasteiger partial charge in [-0.1, -0.05) is 18.2 Å². The van der Waals surface area contributed by atoms with E-state index in [2.05, 4.69) is 16.4 Å². The number of nitriles is 1. The number of hydrogen-bond donors (Lipinski definition) is 2. The van der Waals surface area contributed by atoms with Gasteiger partial charge in [0.25, 0.3) is 5.91 Å². The molecule has 0 saturated heterocycles. The second kappa shape index (κ2) is 7.28. The molecule has 1 aromatic heterocycles. The Morgan fingerprint density at radius 2 is 2.03 bits per heavy atom. The van der Waals surface area contributed by atoms with Crippen LogP contribution in [0.15, 0.2) is 60.8 Å². The Bertz CT molecular complexity index is 1110. The van der Waals surface area contributed by atoms with Gasteiger partial charge in [0.2, 0.25) is 5.88 Å². The van der Waals surface area contributed by atoms with Crippen molar-refractivity contribution in [2.24, 2.45) is 0 Å². The van der Waals surface area contributed by atoms with E-state index < -0.39 is 5.41 Å².